The first-order chi connectivity index (χ1) is 20.1. The lowest BCUT2D eigenvalue weighted by molar-refractivity contribution is -0.137. The Balaban J connectivity index is 1.51. The second-order valence-corrected chi connectivity index (χ2v) is 9.35. The number of carboxylic acids is 3. The van der Waals surface area contributed by atoms with Crippen LogP contribution < -0.4 is 0 Å². The van der Waals surface area contributed by atoms with Crippen molar-refractivity contribution in [3.05, 3.63) is 96.3 Å². The van der Waals surface area contributed by atoms with E-state index in [9.17, 15) is 39.9 Å². The van der Waals surface area contributed by atoms with Gasteiger partial charge < -0.3 is 34.7 Å². The van der Waals surface area contributed by atoms with Crippen LogP contribution in [0.25, 0.3) is 45.3 Å². The van der Waals surface area contributed by atoms with E-state index in [4.69, 9.17) is 0 Å². The molecule has 42 heavy (non-hydrogen) atoms. The minimum absolute atomic E-state index is 0.0966. The van der Waals surface area contributed by atoms with Crippen molar-refractivity contribution in [3.8, 4) is 45.3 Å². The van der Waals surface area contributed by atoms with E-state index in [1.165, 1.54) is 28.8 Å². The number of aliphatic hydroxyl groups is 2. The van der Waals surface area contributed by atoms with Gasteiger partial charge in [-0.2, -0.15) is 0 Å². The van der Waals surface area contributed by atoms with E-state index in [0.717, 1.165) is 0 Å². The number of rotatable bonds is 10. The van der Waals surface area contributed by atoms with E-state index in [1.807, 2.05) is 0 Å². The third-order valence-corrected chi connectivity index (χ3v) is 6.61. The quantitative estimate of drug-likeness (QED) is 0.156. The number of nitrogens with zero attached hydrogens (tertiary/aromatic N) is 4. The Bertz CT molecular complexity index is 1770. The van der Waals surface area contributed by atoms with Crippen LogP contribution in [0, 0.1) is 0 Å². The predicted molar refractivity (Wildman–Crippen MR) is 150 cm³/mol. The van der Waals surface area contributed by atoms with Crippen LogP contribution in [-0.4, -0.2) is 68.8 Å². The number of imidazole rings is 2. The summed E-state index contributed by atoms with van der Waals surface area (Å²) in [5.41, 5.74) is 3.80. The van der Waals surface area contributed by atoms with Gasteiger partial charge in [0.1, 0.15) is 18.2 Å². The van der Waals surface area contributed by atoms with Crippen LogP contribution in [0.5, 0.6) is 0 Å². The predicted octanol–water partition coefficient (Wildman–Crippen LogP) is 3.54. The zero-order valence-corrected chi connectivity index (χ0v) is 21.8. The molecular weight excluding hydrogens is 544 g/mol. The summed E-state index contributed by atoms with van der Waals surface area (Å²) in [6, 6.07) is 19.2. The molecule has 0 atom stereocenters. The minimum Gasteiger partial charge on any atom is -0.480 e. The first-order valence-electron chi connectivity index (χ1n) is 12.6. The molecule has 0 spiro atoms. The topological polar surface area (TPSA) is 188 Å². The van der Waals surface area contributed by atoms with Crippen LogP contribution in [0.1, 0.15) is 20.7 Å². The average molecular weight is 569 g/mol. The van der Waals surface area contributed by atoms with Gasteiger partial charge in [0, 0.05) is 11.1 Å². The molecule has 0 bridgehead atoms. The van der Waals surface area contributed by atoms with E-state index in [-0.39, 0.29) is 24.2 Å². The maximum atomic E-state index is 11.7. The highest BCUT2D eigenvalue weighted by Crippen LogP contribution is 2.31. The summed E-state index contributed by atoms with van der Waals surface area (Å²) in [6.45, 7) is -0.569. The molecule has 0 aliphatic carbocycles. The zero-order chi connectivity index (χ0) is 30.0. The molecule has 0 saturated carbocycles. The summed E-state index contributed by atoms with van der Waals surface area (Å²) in [4.78, 5) is 43.0. The first-order valence-corrected chi connectivity index (χ1v) is 12.6. The van der Waals surface area contributed by atoms with Gasteiger partial charge in [0.25, 0.3) is 0 Å². The third-order valence-electron chi connectivity index (χ3n) is 6.61. The van der Waals surface area contributed by atoms with Crippen LogP contribution in [0.4, 0.5) is 0 Å². The van der Waals surface area contributed by atoms with Crippen molar-refractivity contribution in [2.24, 2.45) is 0 Å². The minimum atomic E-state index is -1.68. The lowest BCUT2D eigenvalue weighted by Crippen LogP contribution is -2.16. The van der Waals surface area contributed by atoms with Crippen molar-refractivity contribution in [2.45, 2.75) is 19.4 Å². The molecule has 12 heteroatoms. The molecule has 0 amide bonds. The molecule has 5 N–H and O–H groups in total. The summed E-state index contributed by atoms with van der Waals surface area (Å²) >= 11 is 0. The molecule has 212 valence electrons. The van der Waals surface area contributed by atoms with Crippen molar-refractivity contribution in [1.29, 1.82) is 0 Å². The molecule has 0 fully saturated rings. The maximum absolute atomic E-state index is 11.7. The fourth-order valence-corrected chi connectivity index (χ4v) is 4.65. The molecule has 0 aliphatic rings. The van der Waals surface area contributed by atoms with Gasteiger partial charge in [-0.25, -0.2) is 19.6 Å². The van der Waals surface area contributed by atoms with Crippen LogP contribution in [0.3, 0.4) is 0 Å². The second kappa shape index (κ2) is 11.5. The summed E-state index contributed by atoms with van der Waals surface area (Å²) in [7, 11) is 0. The van der Waals surface area contributed by atoms with E-state index in [2.05, 4.69) is 9.97 Å². The Morgan fingerprint density at radius 2 is 0.976 bits per heavy atom. The fraction of sp³-hybridized carbons (Fsp3) is 0.100. The van der Waals surface area contributed by atoms with Gasteiger partial charge in [-0.15, -0.1) is 0 Å². The standard InChI is InChI=1S/C30H24N4O8/c35-25(36)15-33-23(13-31-27(33)19-5-9-21(10-6-19)29(39)40)17-1-2-18(4-3-17)24-14-32-28(34(24)16-26(37)38)20-7-11-22(12-8-20)30(41)42/h1-14,25,35-36H,15-16H2,(H,37,38)(H,39,40)(H,41,42). The molecule has 0 saturated heterocycles. The van der Waals surface area contributed by atoms with E-state index < -0.39 is 24.2 Å². The highest BCUT2D eigenvalue weighted by Gasteiger charge is 2.19. The van der Waals surface area contributed by atoms with Crippen molar-refractivity contribution >= 4 is 17.9 Å². The summed E-state index contributed by atoms with van der Waals surface area (Å²) in [6.07, 6.45) is 1.44. The molecular formula is C30H24N4O8. The largest absolute Gasteiger partial charge is 0.480 e. The van der Waals surface area contributed by atoms with Crippen molar-refractivity contribution in [3.63, 3.8) is 0 Å². The molecule has 5 rings (SSSR count). The average Bonchev–Trinajstić information content (AvgIpc) is 3.57. The fourth-order valence-electron chi connectivity index (χ4n) is 4.65. The SMILES string of the molecule is O=C(O)Cn1c(-c2ccc(-c3cnc(-c4ccc(C(=O)O)cc4)n3CC(O)O)cc2)cnc1-c1ccc(C(=O)O)cc1. The Morgan fingerprint density at radius 3 is 1.36 bits per heavy atom. The Kier molecular flexibility index (Phi) is 7.65. The normalized spacial score (nSPS) is 11.1. The second-order valence-electron chi connectivity index (χ2n) is 9.35. The van der Waals surface area contributed by atoms with Gasteiger partial charge in [0.2, 0.25) is 0 Å². The van der Waals surface area contributed by atoms with Crippen molar-refractivity contribution < 1.29 is 39.9 Å². The molecule has 3 aromatic carbocycles. The number of carboxylic acid groups (broad SMARTS) is 3. The number of aromatic nitrogens is 4. The number of hydrogen-bond donors (Lipinski definition) is 5. The van der Waals surface area contributed by atoms with Gasteiger partial charge in [0.05, 0.1) is 41.5 Å². The molecule has 0 unspecified atom stereocenters. The highest BCUT2D eigenvalue weighted by molar-refractivity contribution is 5.89. The summed E-state index contributed by atoms with van der Waals surface area (Å²) < 4.78 is 3.14. The first kappa shape index (κ1) is 28.0. The maximum Gasteiger partial charge on any atom is 0.335 e. The molecule has 2 aromatic heterocycles. The van der Waals surface area contributed by atoms with Crippen LogP contribution in [0.2, 0.25) is 0 Å². The Labute approximate surface area is 238 Å². The molecule has 2 heterocycles. The van der Waals surface area contributed by atoms with Gasteiger partial charge in [-0.1, -0.05) is 48.5 Å². The number of carbonyl (C=O) groups is 3. The van der Waals surface area contributed by atoms with Gasteiger partial charge in [-0.3, -0.25) is 4.79 Å². The van der Waals surface area contributed by atoms with Gasteiger partial charge >= 0.3 is 17.9 Å². The van der Waals surface area contributed by atoms with E-state index >= 15 is 0 Å². The Hall–Kier alpha value is -5.59. The Morgan fingerprint density at radius 1 is 0.595 bits per heavy atom. The van der Waals surface area contributed by atoms with E-state index in [1.54, 1.807) is 65.5 Å². The van der Waals surface area contributed by atoms with E-state index in [0.29, 0.717) is 45.3 Å². The van der Waals surface area contributed by atoms with Crippen molar-refractivity contribution in [1.82, 2.24) is 19.1 Å². The lowest BCUT2D eigenvalue weighted by Gasteiger charge is -2.14. The number of aliphatic hydroxyl groups excluding tert-OH is 1. The van der Waals surface area contributed by atoms with Crippen LogP contribution >= 0.6 is 0 Å². The number of hydrogen-bond acceptors (Lipinski definition) is 7. The van der Waals surface area contributed by atoms with Gasteiger partial charge in [0.15, 0.2) is 6.29 Å². The molecule has 12 nitrogen and oxygen atoms in total. The van der Waals surface area contributed by atoms with Gasteiger partial charge in [-0.05, 0) is 35.4 Å². The zero-order valence-electron chi connectivity index (χ0n) is 21.8. The highest BCUT2D eigenvalue weighted by atomic mass is 16.5. The van der Waals surface area contributed by atoms with Crippen LogP contribution in [-0.2, 0) is 17.9 Å². The molecule has 0 radical (unpaired) electrons. The van der Waals surface area contributed by atoms with Crippen molar-refractivity contribution in [2.75, 3.05) is 0 Å². The molecule has 5 aromatic rings. The third kappa shape index (κ3) is 5.66. The number of aliphatic carboxylic acids is 1. The smallest absolute Gasteiger partial charge is 0.335 e. The lowest BCUT2D eigenvalue weighted by atomic mass is 10.1. The molecule has 0 aliphatic heterocycles. The number of aromatic carboxylic acids is 2. The van der Waals surface area contributed by atoms with Crippen LogP contribution in [0.15, 0.2) is 85.2 Å². The number of benzene rings is 3. The monoisotopic (exact) mass is 568 g/mol. The summed E-state index contributed by atoms with van der Waals surface area (Å²) in [5, 5.41) is 47.5. The summed E-state index contributed by atoms with van der Waals surface area (Å²) in [5.74, 6) is -2.44.